The summed E-state index contributed by atoms with van der Waals surface area (Å²) in [4.78, 5) is 32.8. The highest BCUT2D eigenvalue weighted by atomic mass is 16.6. The Labute approximate surface area is 223 Å². The highest BCUT2D eigenvalue weighted by molar-refractivity contribution is 5.94. The number of carbonyl (C=O) groups is 2. The van der Waals surface area contributed by atoms with Crippen LogP contribution in [0.15, 0.2) is 42.6 Å². The maximum Gasteiger partial charge on any atom is 0.415 e. The van der Waals surface area contributed by atoms with Gasteiger partial charge >= 0.3 is 12.2 Å². The summed E-state index contributed by atoms with van der Waals surface area (Å²) in [6.07, 6.45) is 1.76. The number of ether oxygens (including phenoxy) is 1. The minimum atomic E-state index is -0.895. The first-order valence-electron chi connectivity index (χ1n) is 13.1. The molecule has 1 aliphatic heterocycles. The minimum absolute atomic E-state index is 0.0518. The van der Waals surface area contributed by atoms with E-state index < -0.39 is 17.8 Å². The first-order valence-corrected chi connectivity index (χ1v) is 13.1. The van der Waals surface area contributed by atoms with E-state index >= 15 is 0 Å². The van der Waals surface area contributed by atoms with Gasteiger partial charge in [0.15, 0.2) is 5.65 Å². The molecule has 3 heterocycles. The van der Waals surface area contributed by atoms with Crippen LogP contribution in [0.5, 0.6) is 0 Å². The zero-order chi connectivity index (χ0) is 27.6. The van der Waals surface area contributed by atoms with Crippen LogP contribution in [-0.2, 0) is 4.74 Å². The topological polar surface area (TPSA) is 112 Å². The number of hydrogen-bond acceptors (Lipinski definition) is 6. The molecule has 4 rings (SSSR count). The number of carboxylic acid groups (broad SMARTS) is 1. The number of aromatic nitrogens is 3. The Bertz CT molecular complexity index is 1280. The van der Waals surface area contributed by atoms with E-state index in [-0.39, 0.29) is 18.0 Å². The van der Waals surface area contributed by atoms with E-state index in [1.807, 2.05) is 64.1 Å². The van der Waals surface area contributed by atoms with Crippen molar-refractivity contribution >= 4 is 29.3 Å². The third kappa shape index (κ3) is 6.00. The largest absolute Gasteiger partial charge is 0.465 e. The number of piperidine rings is 1. The Hall–Kier alpha value is -3.82. The van der Waals surface area contributed by atoms with Crippen molar-refractivity contribution in [3.63, 3.8) is 0 Å². The number of benzene rings is 1. The molecule has 38 heavy (non-hydrogen) atoms. The zero-order valence-corrected chi connectivity index (χ0v) is 23.0. The van der Waals surface area contributed by atoms with E-state index in [0.29, 0.717) is 43.1 Å². The Morgan fingerprint density at radius 1 is 1.13 bits per heavy atom. The zero-order valence-electron chi connectivity index (χ0n) is 23.0. The number of anilines is 2. The summed E-state index contributed by atoms with van der Waals surface area (Å²) in [6.45, 7) is 12.6. The van der Waals surface area contributed by atoms with Crippen LogP contribution in [0.4, 0.5) is 21.1 Å². The third-order valence-corrected chi connectivity index (χ3v) is 6.70. The van der Waals surface area contributed by atoms with Crippen molar-refractivity contribution in [3.8, 4) is 0 Å². The number of carbonyl (C=O) groups excluding carboxylic acids is 1. The fourth-order valence-corrected chi connectivity index (χ4v) is 4.69. The molecular weight excluding hydrogens is 484 g/mol. The van der Waals surface area contributed by atoms with Crippen molar-refractivity contribution in [2.75, 3.05) is 23.3 Å². The average molecular weight is 523 g/mol. The van der Waals surface area contributed by atoms with Gasteiger partial charge in [-0.2, -0.15) is 0 Å². The lowest BCUT2D eigenvalue weighted by atomic mass is 10.1. The third-order valence-electron chi connectivity index (χ3n) is 6.70. The first kappa shape index (κ1) is 27.2. The van der Waals surface area contributed by atoms with E-state index in [2.05, 4.69) is 24.1 Å². The van der Waals surface area contributed by atoms with Crippen LogP contribution in [0.1, 0.15) is 77.6 Å². The number of likely N-dealkylation sites (tertiary alicyclic amines) is 1. The van der Waals surface area contributed by atoms with Gasteiger partial charge in [-0.05, 0) is 52.0 Å². The van der Waals surface area contributed by atoms with Crippen LogP contribution in [0.2, 0.25) is 0 Å². The van der Waals surface area contributed by atoms with Crippen LogP contribution >= 0.6 is 0 Å². The predicted octanol–water partition coefficient (Wildman–Crippen LogP) is 5.91. The van der Waals surface area contributed by atoms with Gasteiger partial charge in [0.05, 0.1) is 23.6 Å². The molecular formula is C28H38N6O4. The van der Waals surface area contributed by atoms with Crippen LogP contribution in [0.3, 0.4) is 0 Å². The Morgan fingerprint density at radius 3 is 2.37 bits per heavy atom. The number of hydrogen-bond donors (Lipinski definition) is 2. The van der Waals surface area contributed by atoms with E-state index in [0.717, 1.165) is 11.3 Å². The normalized spacial score (nSPS) is 15.5. The van der Waals surface area contributed by atoms with Crippen LogP contribution in [0.25, 0.3) is 5.65 Å². The highest BCUT2D eigenvalue weighted by Crippen LogP contribution is 2.34. The van der Waals surface area contributed by atoms with Crippen molar-refractivity contribution in [3.05, 3.63) is 53.9 Å². The van der Waals surface area contributed by atoms with E-state index in [9.17, 15) is 14.7 Å². The predicted molar refractivity (Wildman–Crippen MR) is 147 cm³/mol. The minimum Gasteiger partial charge on any atom is -0.465 e. The Balaban J connectivity index is 1.79. The molecule has 1 aromatic carbocycles. The lowest BCUT2D eigenvalue weighted by molar-refractivity contribution is 0.0567. The molecule has 10 heteroatoms. The molecule has 1 aliphatic rings. The molecule has 3 aromatic rings. The Kier molecular flexibility index (Phi) is 7.80. The second-order valence-electron chi connectivity index (χ2n) is 11.1. The smallest absolute Gasteiger partial charge is 0.415 e. The van der Waals surface area contributed by atoms with Gasteiger partial charge in [-0.25, -0.2) is 19.1 Å². The number of imidazole rings is 1. The second-order valence-corrected chi connectivity index (χ2v) is 11.1. The molecule has 1 fully saturated rings. The summed E-state index contributed by atoms with van der Waals surface area (Å²) >= 11 is 0. The van der Waals surface area contributed by atoms with Gasteiger partial charge < -0.3 is 20.1 Å². The number of nitrogens with zero attached hydrogens (tertiary/aromatic N) is 5. The molecule has 2 amide bonds. The van der Waals surface area contributed by atoms with Crippen LogP contribution in [0, 0.1) is 0 Å². The van der Waals surface area contributed by atoms with Crippen molar-refractivity contribution < 1.29 is 19.4 Å². The molecule has 1 atom stereocenters. The SMILES string of the molecule is CC(C)c1cnc2c(N(C(=O)OC(C)(C)C)[C@@H](C)c3ccccc3)cc(NC3CCN(C(=O)O)CC3)nn12. The summed E-state index contributed by atoms with van der Waals surface area (Å²) < 4.78 is 7.67. The summed E-state index contributed by atoms with van der Waals surface area (Å²) in [7, 11) is 0. The molecule has 0 bridgehead atoms. The molecule has 2 aromatic heterocycles. The highest BCUT2D eigenvalue weighted by Gasteiger charge is 2.32. The molecule has 0 radical (unpaired) electrons. The molecule has 204 valence electrons. The number of rotatable bonds is 6. The monoisotopic (exact) mass is 522 g/mol. The van der Waals surface area contributed by atoms with E-state index in [1.54, 1.807) is 15.6 Å². The molecule has 2 N–H and O–H groups in total. The fourth-order valence-electron chi connectivity index (χ4n) is 4.69. The molecule has 0 saturated carbocycles. The molecule has 0 unspecified atom stereocenters. The van der Waals surface area contributed by atoms with Gasteiger partial charge in [-0.1, -0.05) is 44.2 Å². The number of nitrogens with one attached hydrogen (secondary N) is 1. The standard InChI is InChI=1S/C28H38N6O4/c1-18(2)23-17-29-25-22(16-24(31-34(23)25)30-21-12-14-32(15-13-21)26(35)36)33(27(37)38-28(4,5)6)19(3)20-10-8-7-9-11-20/h7-11,16-19,21H,12-15H2,1-6H3,(H,30,31)(H,35,36)/t19-/m0/s1. The lowest BCUT2D eigenvalue weighted by Gasteiger charge is -2.33. The number of amides is 2. The average Bonchev–Trinajstić information content (AvgIpc) is 3.28. The quantitative estimate of drug-likeness (QED) is 0.414. The molecule has 0 aliphatic carbocycles. The van der Waals surface area contributed by atoms with Gasteiger partial charge in [0.1, 0.15) is 11.4 Å². The molecule has 0 spiro atoms. The van der Waals surface area contributed by atoms with Gasteiger partial charge in [-0.15, -0.1) is 5.10 Å². The van der Waals surface area contributed by atoms with E-state index in [4.69, 9.17) is 9.84 Å². The summed E-state index contributed by atoms with van der Waals surface area (Å²) in [5, 5.41) is 17.6. The molecule has 1 saturated heterocycles. The van der Waals surface area contributed by atoms with E-state index in [1.165, 1.54) is 4.90 Å². The van der Waals surface area contributed by atoms with Crippen LogP contribution < -0.4 is 10.2 Å². The second kappa shape index (κ2) is 10.9. The summed E-state index contributed by atoms with van der Waals surface area (Å²) in [5.74, 6) is 0.746. The summed E-state index contributed by atoms with van der Waals surface area (Å²) in [5.41, 5.74) is 2.34. The maximum atomic E-state index is 13.7. The van der Waals surface area contributed by atoms with Gasteiger partial charge in [0, 0.05) is 25.2 Å². The van der Waals surface area contributed by atoms with Crippen molar-refractivity contribution in [2.45, 2.75) is 78.0 Å². The van der Waals surface area contributed by atoms with Gasteiger partial charge in [0.25, 0.3) is 0 Å². The van der Waals surface area contributed by atoms with Gasteiger partial charge in [0.2, 0.25) is 0 Å². The van der Waals surface area contributed by atoms with Crippen molar-refractivity contribution in [2.24, 2.45) is 0 Å². The van der Waals surface area contributed by atoms with Gasteiger partial charge in [-0.3, -0.25) is 4.90 Å². The fraction of sp³-hybridized carbons (Fsp3) is 0.500. The summed E-state index contributed by atoms with van der Waals surface area (Å²) in [6, 6.07) is 11.4. The maximum absolute atomic E-state index is 13.7. The van der Waals surface area contributed by atoms with Crippen molar-refractivity contribution in [1.82, 2.24) is 19.5 Å². The Morgan fingerprint density at radius 2 is 1.79 bits per heavy atom. The lowest BCUT2D eigenvalue weighted by Crippen LogP contribution is -2.42. The number of fused-ring (bicyclic) bond motifs is 1. The van der Waals surface area contributed by atoms with Crippen LogP contribution in [-0.4, -0.2) is 61.5 Å². The first-order chi connectivity index (χ1) is 17.9. The van der Waals surface area contributed by atoms with Crippen molar-refractivity contribution in [1.29, 1.82) is 0 Å². The molecule has 10 nitrogen and oxygen atoms in total.